The van der Waals surface area contributed by atoms with Crippen molar-refractivity contribution < 1.29 is 4.79 Å². The monoisotopic (exact) mass is 275 g/mol. The SMILES string of the molecule is CCNc1ccc(C(=O)NCC2C(C)(C)C2(C)C)cn1. The summed E-state index contributed by atoms with van der Waals surface area (Å²) in [5.41, 5.74) is 1.21. The van der Waals surface area contributed by atoms with Crippen molar-refractivity contribution in [1.82, 2.24) is 10.3 Å². The van der Waals surface area contributed by atoms with E-state index < -0.39 is 0 Å². The molecule has 0 aliphatic heterocycles. The highest BCUT2D eigenvalue weighted by Crippen LogP contribution is 2.67. The molecular weight excluding hydrogens is 250 g/mol. The van der Waals surface area contributed by atoms with Gasteiger partial charge in [0.15, 0.2) is 0 Å². The maximum Gasteiger partial charge on any atom is 0.252 e. The van der Waals surface area contributed by atoms with Crippen molar-refractivity contribution in [1.29, 1.82) is 0 Å². The molecule has 0 aromatic carbocycles. The summed E-state index contributed by atoms with van der Waals surface area (Å²) in [4.78, 5) is 16.3. The Labute approximate surface area is 121 Å². The smallest absolute Gasteiger partial charge is 0.252 e. The third-order valence-electron chi connectivity index (χ3n) is 5.17. The van der Waals surface area contributed by atoms with Crippen molar-refractivity contribution >= 4 is 11.7 Å². The van der Waals surface area contributed by atoms with Crippen LogP contribution in [0.15, 0.2) is 18.3 Å². The zero-order valence-electron chi connectivity index (χ0n) is 13.1. The first kappa shape index (κ1) is 14.8. The van der Waals surface area contributed by atoms with Crippen molar-refractivity contribution in [2.45, 2.75) is 34.6 Å². The summed E-state index contributed by atoms with van der Waals surface area (Å²) in [6.07, 6.45) is 1.62. The van der Waals surface area contributed by atoms with Gasteiger partial charge in [0.25, 0.3) is 5.91 Å². The predicted molar refractivity (Wildman–Crippen MR) is 81.8 cm³/mol. The second kappa shape index (κ2) is 5.08. The van der Waals surface area contributed by atoms with Gasteiger partial charge in [-0.1, -0.05) is 27.7 Å². The van der Waals surface area contributed by atoms with Crippen LogP contribution in [0.4, 0.5) is 5.82 Å². The van der Waals surface area contributed by atoms with Crippen molar-refractivity contribution in [2.75, 3.05) is 18.4 Å². The molecule has 0 radical (unpaired) electrons. The first-order chi connectivity index (χ1) is 9.30. The van der Waals surface area contributed by atoms with E-state index in [-0.39, 0.29) is 5.91 Å². The average molecular weight is 275 g/mol. The lowest BCUT2D eigenvalue weighted by atomic mass is 10.0. The van der Waals surface area contributed by atoms with Crippen LogP contribution in [0.2, 0.25) is 0 Å². The summed E-state index contributed by atoms with van der Waals surface area (Å²) < 4.78 is 0. The number of aromatic nitrogens is 1. The number of hydrogen-bond acceptors (Lipinski definition) is 3. The minimum absolute atomic E-state index is 0.0425. The highest BCUT2D eigenvalue weighted by Gasteiger charge is 2.64. The number of carbonyl (C=O) groups is 1. The van der Waals surface area contributed by atoms with Crippen LogP contribution in [-0.4, -0.2) is 24.0 Å². The lowest BCUT2D eigenvalue weighted by molar-refractivity contribution is 0.0949. The van der Waals surface area contributed by atoms with Gasteiger partial charge in [-0.3, -0.25) is 4.79 Å². The Morgan fingerprint density at radius 3 is 2.35 bits per heavy atom. The Balaban J connectivity index is 1.90. The van der Waals surface area contributed by atoms with Crippen LogP contribution in [0, 0.1) is 16.7 Å². The standard InChI is InChI=1S/C16H25N3O/c1-6-17-13-8-7-11(9-18-13)14(20)19-10-12-15(2,3)16(12,4)5/h7-9,12H,6,10H2,1-5H3,(H,17,18)(H,19,20). The maximum atomic E-state index is 12.1. The van der Waals surface area contributed by atoms with Gasteiger partial charge in [-0.05, 0) is 35.8 Å². The Bertz CT molecular complexity index is 477. The zero-order valence-corrected chi connectivity index (χ0v) is 13.1. The molecule has 1 heterocycles. The minimum Gasteiger partial charge on any atom is -0.370 e. The normalized spacial score (nSPS) is 19.4. The summed E-state index contributed by atoms with van der Waals surface area (Å²) >= 11 is 0. The van der Waals surface area contributed by atoms with E-state index in [1.54, 1.807) is 6.20 Å². The number of amides is 1. The fourth-order valence-electron chi connectivity index (χ4n) is 2.95. The van der Waals surface area contributed by atoms with Crippen LogP contribution in [0.1, 0.15) is 45.0 Å². The van der Waals surface area contributed by atoms with Gasteiger partial charge in [-0.2, -0.15) is 0 Å². The molecule has 0 atom stereocenters. The predicted octanol–water partition coefficient (Wildman–Crippen LogP) is 2.93. The Kier molecular flexibility index (Phi) is 3.76. The van der Waals surface area contributed by atoms with Gasteiger partial charge in [-0.15, -0.1) is 0 Å². The van der Waals surface area contributed by atoms with Crippen LogP contribution >= 0.6 is 0 Å². The molecule has 1 fully saturated rings. The molecule has 1 saturated carbocycles. The summed E-state index contributed by atoms with van der Waals surface area (Å²) in [7, 11) is 0. The largest absolute Gasteiger partial charge is 0.370 e. The fraction of sp³-hybridized carbons (Fsp3) is 0.625. The van der Waals surface area contributed by atoms with E-state index in [2.05, 4.69) is 43.3 Å². The van der Waals surface area contributed by atoms with Gasteiger partial charge < -0.3 is 10.6 Å². The van der Waals surface area contributed by atoms with Crippen molar-refractivity contribution in [3.63, 3.8) is 0 Å². The summed E-state index contributed by atoms with van der Waals surface area (Å²) in [5.74, 6) is 1.29. The van der Waals surface area contributed by atoms with E-state index in [1.807, 2.05) is 19.1 Å². The summed E-state index contributed by atoms with van der Waals surface area (Å²) in [6, 6.07) is 3.65. The quantitative estimate of drug-likeness (QED) is 0.868. The Morgan fingerprint density at radius 2 is 1.90 bits per heavy atom. The van der Waals surface area contributed by atoms with E-state index in [0.717, 1.165) is 18.9 Å². The molecule has 4 nitrogen and oxygen atoms in total. The van der Waals surface area contributed by atoms with Crippen molar-refractivity contribution in [2.24, 2.45) is 16.7 Å². The molecule has 0 spiro atoms. The van der Waals surface area contributed by atoms with E-state index in [4.69, 9.17) is 0 Å². The Hall–Kier alpha value is -1.58. The minimum atomic E-state index is -0.0425. The third kappa shape index (κ3) is 2.51. The topological polar surface area (TPSA) is 54.0 Å². The molecule has 1 aromatic heterocycles. The van der Waals surface area contributed by atoms with Crippen LogP contribution in [0.5, 0.6) is 0 Å². The Morgan fingerprint density at radius 1 is 1.25 bits per heavy atom. The molecule has 0 unspecified atom stereocenters. The van der Waals surface area contributed by atoms with Crippen LogP contribution in [-0.2, 0) is 0 Å². The van der Waals surface area contributed by atoms with E-state index in [9.17, 15) is 4.79 Å². The van der Waals surface area contributed by atoms with Crippen molar-refractivity contribution in [3.05, 3.63) is 23.9 Å². The molecule has 1 aliphatic carbocycles. The lowest BCUT2D eigenvalue weighted by Gasteiger charge is -2.07. The molecule has 1 amide bonds. The number of pyridine rings is 1. The van der Waals surface area contributed by atoms with Gasteiger partial charge in [-0.25, -0.2) is 4.98 Å². The molecular formula is C16H25N3O. The van der Waals surface area contributed by atoms with Gasteiger partial charge in [0.05, 0.1) is 5.56 Å². The first-order valence-electron chi connectivity index (χ1n) is 7.29. The zero-order chi connectivity index (χ0) is 15.0. The van der Waals surface area contributed by atoms with Gasteiger partial charge in [0, 0.05) is 19.3 Å². The molecule has 4 heteroatoms. The highest BCUT2D eigenvalue weighted by molar-refractivity contribution is 5.94. The number of rotatable bonds is 5. The van der Waals surface area contributed by atoms with Crippen LogP contribution in [0.25, 0.3) is 0 Å². The molecule has 2 rings (SSSR count). The number of carbonyl (C=O) groups excluding carboxylic acids is 1. The maximum absolute atomic E-state index is 12.1. The number of anilines is 1. The van der Waals surface area contributed by atoms with Gasteiger partial charge in [0.2, 0.25) is 0 Å². The highest BCUT2D eigenvalue weighted by atomic mass is 16.1. The number of hydrogen-bond donors (Lipinski definition) is 2. The molecule has 2 N–H and O–H groups in total. The molecule has 1 aliphatic rings. The summed E-state index contributed by atoms with van der Waals surface area (Å²) in [6.45, 7) is 12.6. The summed E-state index contributed by atoms with van der Waals surface area (Å²) in [5, 5.41) is 6.14. The molecule has 110 valence electrons. The second-order valence-electron chi connectivity index (χ2n) is 6.67. The van der Waals surface area contributed by atoms with Gasteiger partial charge >= 0.3 is 0 Å². The van der Waals surface area contributed by atoms with Crippen molar-refractivity contribution in [3.8, 4) is 0 Å². The first-order valence-corrected chi connectivity index (χ1v) is 7.29. The second-order valence-corrected chi connectivity index (χ2v) is 6.67. The van der Waals surface area contributed by atoms with E-state index in [1.165, 1.54) is 0 Å². The molecule has 20 heavy (non-hydrogen) atoms. The van der Waals surface area contributed by atoms with Crippen LogP contribution in [0.3, 0.4) is 0 Å². The van der Waals surface area contributed by atoms with Gasteiger partial charge in [0.1, 0.15) is 5.82 Å². The molecule has 0 bridgehead atoms. The van der Waals surface area contributed by atoms with Crippen LogP contribution < -0.4 is 10.6 Å². The number of nitrogens with one attached hydrogen (secondary N) is 2. The fourth-order valence-corrected chi connectivity index (χ4v) is 2.95. The molecule has 1 aromatic rings. The average Bonchev–Trinajstić information content (AvgIpc) is 2.78. The molecule has 0 saturated heterocycles. The van der Waals surface area contributed by atoms with E-state index >= 15 is 0 Å². The lowest BCUT2D eigenvalue weighted by Crippen LogP contribution is -2.27. The number of nitrogens with zero attached hydrogens (tertiary/aromatic N) is 1. The van der Waals surface area contributed by atoms with E-state index in [0.29, 0.717) is 22.3 Å². The third-order valence-corrected chi connectivity index (χ3v) is 5.17.